The molecule has 0 aliphatic carbocycles. The molecule has 6 heteroatoms. The Labute approximate surface area is 127 Å². The van der Waals surface area contributed by atoms with Crippen molar-refractivity contribution in [3.63, 3.8) is 0 Å². The number of nitrogen functional groups attached to an aromatic ring is 1. The molecule has 0 saturated heterocycles. The van der Waals surface area contributed by atoms with Gasteiger partial charge in [0.15, 0.2) is 0 Å². The summed E-state index contributed by atoms with van der Waals surface area (Å²) in [5.74, 6) is 5.40. The van der Waals surface area contributed by atoms with Gasteiger partial charge in [-0.3, -0.25) is 10.6 Å². The Bertz CT molecular complexity index is 627. The van der Waals surface area contributed by atoms with Crippen LogP contribution in [0.3, 0.4) is 0 Å². The second kappa shape index (κ2) is 6.26. The predicted molar refractivity (Wildman–Crippen MR) is 84.1 cm³/mol. The van der Waals surface area contributed by atoms with Gasteiger partial charge < -0.3 is 10.3 Å². The van der Waals surface area contributed by atoms with Crippen LogP contribution >= 0.6 is 22.9 Å². The summed E-state index contributed by atoms with van der Waals surface area (Å²) in [6, 6.07) is 9.28. The molecule has 2 rings (SSSR count). The van der Waals surface area contributed by atoms with Crippen molar-refractivity contribution in [2.75, 3.05) is 12.5 Å². The molecular formula is C14H16ClN3OS. The molecule has 1 aromatic heterocycles. The van der Waals surface area contributed by atoms with Gasteiger partial charge in [-0.15, -0.1) is 11.3 Å². The average molecular weight is 310 g/mol. The molecule has 1 aromatic carbocycles. The number of carbonyl (C=O) groups excluding carboxylic acids is 1. The number of benzene rings is 1. The van der Waals surface area contributed by atoms with E-state index in [4.69, 9.17) is 17.4 Å². The summed E-state index contributed by atoms with van der Waals surface area (Å²) in [4.78, 5) is 15.1. The third-order valence-electron chi connectivity index (χ3n) is 2.93. The fourth-order valence-corrected chi connectivity index (χ4v) is 3.05. The Morgan fingerprint density at radius 3 is 2.75 bits per heavy atom. The topological polar surface area (TPSA) is 58.4 Å². The molecule has 0 bridgehead atoms. The van der Waals surface area contributed by atoms with Crippen LogP contribution in [-0.2, 0) is 6.54 Å². The Morgan fingerprint density at radius 1 is 1.40 bits per heavy atom. The highest BCUT2D eigenvalue weighted by molar-refractivity contribution is 7.16. The largest absolute Gasteiger partial charge is 0.336 e. The Morgan fingerprint density at radius 2 is 2.15 bits per heavy atom. The molecule has 0 radical (unpaired) electrons. The molecule has 0 aliphatic rings. The van der Waals surface area contributed by atoms with Crippen LogP contribution in [0.4, 0.5) is 5.69 Å². The Balaban J connectivity index is 2.18. The van der Waals surface area contributed by atoms with Gasteiger partial charge in [-0.1, -0.05) is 17.7 Å². The van der Waals surface area contributed by atoms with E-state index in [1.165, 1.54) is 11.3 Å². The van der Waals surface area contributed by atoms with Crippen molar-refractivity contribution in [1.82, 2.24) is 4.90 Å². The van der Waals surface area contributed by atoms with Crippen molar-refractivity contribution in [3.8, 4) is 0 Å². The summed E-state index contributed by atoms with van der Waals surface area (Å²) in [6.45, 7) is 2.47. The fourth-order valence-electron chi connectivity index (χ4n) is 1.91. The van der Waals surface area contributed by atoms with Crippen LogP contribution in [0.5, 0.6) is 0 Å². The van der Waals surface area contributed by atoms with Crippen molar-refractivity contribution in [3.05, 3.63) is 50.7 Å². The molecule has 0 unspecified atom stereocenters. The van der Waals surface area contributed by atoms with E-state index in [1.807, 2.05) is 31.2 Å². The molecule has 20 heavy (non-hydrogen) atoms. The number of carbonyl (C=O) groups is 1. The summed E-state index contributed by atoms with van der Waals surface area (Å²) in [7, 11) is 1.76. The van der Waals surface area contributed by atoms with Crippen LogP contribution in [-0.4, -0.2) is 17.9 Å². The number of amides is 1. The van der Waals surface area contributed by atoms with Crippen LogP contribution < -0.4 is 11.3 Å². The van der Waals surface area contributed by atoms with Gasteiger partial charge in [0.1, 0.15) is 0 Å². The van der Waals surface area contributed by atoms with Crippen molar-refractivity contribution >= 4 is 34.5 Å². The molecule has 2 aromatic rings. The number of halogens is 1. The fraction of sp³-hybridized carbons (Fsp3) is 0.214. The maximum Gasteiger partial charge on any atom is 0.256 e. The molecule has 0 spiro atoms. The van der Waals surface area contributed by atoms with Crippen molar-refractivity contribution in [2.45, 2.75) is 13.5 Å². The lowest BCUT2D eigenvalue weighted by Gasteiger charge is -2.18. The maximum atomic E-state index is 12.4. The number of nitrogens with zero attached hydrogens (tertiary/aromatic N) is 1. The van der Waals surface area contributed by atoms with E-state index in [2.05, 4.69) is 5.43 Å². The lowest BCUT2D eigenvalue weighted by Crippen LogP contribution is -2.27. The van der Waals surface area contributed by atoms with Gasteiger partial charge in [0.2, 0.25) is 0 Å². The number of rotatable bonds is 4. The second-order valence-corrected chi connectivity index (χ2v) is 6.36. The zero-order chi connectivity index (χ0) is 14.7. The van der Waals surface area contributed by atoms with Crippen LogP contribution in [0, 0.1) is 6.92 Å². The second-order valence-electron chi connectivity index (χ2n) is 4.56. The summed E-state index contributed by atoms with van der Waals surface area (Å²) in [5.41, 5.74) is 4.81. The maximum absolute atomic E-state index is 12.4. The number of hydrazine groups is 1. The number of anilines is 1. The molecule has 106 valence electrons. The molecule has 1 heterocycles. The standard InChI is InChI=1S/C14H16ClN3OS/c1-9-3-5-11(12(7-9)17-16)14(19)18(2)8-10-4-6-13(15)20-10/h3-7,17H,8,16H2,1-2H3. The summed E-state index contributed by atoms with van der Waals surface area (Å²) in [5, 5.41) is 0. The first kappa shape index (κ1) is 14.8. The van der Waals surface area contributed by atoms with Crippen LogP contribution in [0.2, 0.25) is 4.34 Å². The highest BCUT2D eigenvalue weighted by Gasteiger charge is 2.16. The van der Waals surface area contributed by atoms with E-state index >= 15 is 0 Å². The van der Waals surface area contributed by atoms with Gasteiger partial charge in [-0.05, 0) is 36.8 Å². The molecule has 0 saturated carbocycles. The SMILES string of the molecule is Cc1ccc(C(=O)N(C)Cc2ccc(Cl)s2)c(NN)c1. The number of hydrogen-bond acceptors (Lipinski definition) is 4. The molecule has 0 fully saturated rings. The molecular weight excluding hydrogens is 294 g/mol. The van der Waals surface area contributed by atoms with E-state index in [9.17, 15) is 4.79 Å². The Kier molecular flexibility index (Phi) is 4.65. The van der Waals surface area contributed by atoms with Crippen molar-refractivity contribution in [1.29, 1.82) is 0 Å². The summed E-state index contributed by atoms with van der Waals surface area (Å²) >= 11 is 7.37. The smallest absolute Gasteiger partial charge is 0.256 e. The lowest BCUT2D eigenvalue weighted by atomic mass is 10.1. The van der Waals surface area contributed by atoms with Crippen LogP contribution in [0.15, 0.2) is 30.3 Å². The number of nitrogens with one attached hydrogen (secondary N) is 1. The first-order valence-electron chi connectivity index (χ1n) is 6.08. The normalized spacial score (nSPS) is 10.4. The number of nitrogens with two attached hydrogens (primary N) is 1. The first-order chi connectivity index (χ1) is 9.51. The van der Waals surface area contributed by atoms with E-state index in [0.29, 0.717) is 17.8 Å². The quantitative estimate of drug-likeness (QED) is 0.673. The van der Waals surface area contributed by atoms with Gasteiger partial charge in [0.05, 0.1) is 22.1 Å². The van der Waals surface area contributed by atoms with Gasteiger partial charge in [0.25, 0.3) is 5.91 Å². The summed E-state index contributed by atoms with van der Waals surface area (Å²) < 4.78 is 0.723. The lowest BCUT2D eigenvalue weighted by molar-refractivity contribution is 0.0787. The number of thiophene rings is 1. The van der Waals surface area contributed by atoms with Crippen LogP contribution in [0.1, 0.15) is 20.8 Å². The van der Waals surface area contributed by atoms with E-state index in [-0.39, 0.29) is 5.91 Å². The minimum Gasteiger partial charge on any atom is -0.336 e. The average Bonchev–Trinajstić information content (AvgIpc) is 2.83. The number of aryl methyl sites for hydroxylation is 1. The van der Waals surface area contributed by atoms with Gasteiger partial charge in [-0.25, -0.2) is 0 Å². The van der Waals surface area contributed by atoms with E-state index in [0.717, 1.165) is 14.8 Å². The molecule has 0 atom stereocenters. The molecule has 4 nitrogen and oxygen atoms in total. The molecule has 3 N–H and O–H groups in total. The third kappa shape index (κ3) is 3.30. The van der Waals surface area contributed by atoms with Crippen molar-refractivity contribution < 1.29 is 4.79 Å². The van der Waals surface area contributed by atoms with Gasteiger partial charge in [0, 0.05) is 11.9 Å². The zero-order valence-electron chi connectivity index (χ0n) is 11.3. The van der Waals surface area contributed by atoms with Gasteiger partial charge >= 0.3 is 0 Å². The van der Waals surface area contributed by atoms with Crippen molar-refractivity contribution in [2.24, 2.45) is 5.84 Å². The molecule has 1 amide bonds. The first-order valence-corrected chi connectivity index (χ1v) is 7.27. The monoisotopic (exact) mass is 309 g/mol. The highest BCUT2D eigenvalue weighted by Crippen LogP contribution is 2.24. The zero-order valence-corrected chi connectivity index (χ0v) is 12.9. The minimum atomic E-state index is -0.0810. The molecule has 0 aliphatic heterocycles. The number of hydrogen-bond donors (Lipinski definition) is 2. The highest BCUT2D eigenvalue weighted by atomic mass is 35.5. The predicted octanol–water partition coefficient (Wildman–Crippen LogP) is 3.27. The van der Waals surface area contributed by atoms with Gasteiger partial charge in [-0.2, -0.15) is 0 Å². The Hall–Kier alpha value is -1.56. The van der Waals surface area contributed by atoms with Crippen LogP contribution in [0.25, 0.3) is 0 Å². The van der Waals surface area contributed by atoms with E-state index < -0.39 is 0 Å². The third-order valence-corrected chi connectivity index (χ3v) is 4.15. The van der Waals surface area contributed by atoms with E-state index in [1.54, 1.807) is 18.0 Å². The summed E-state index contributed by atoms with van der Waals surface area (Å²) in [6.07, 6.45) is 0. The minimum absolute atomic E-state index is 0.0810.